The van der Waals surface area contributed by atoms with E-state index >= 15 is 0 Å². The number of aromatic nitrogens is 1. The topological polar surface area (TPSA) is 51.7 Å². The highest BCUT2D eigenvalue weighted by Gasteiger charge is 2.38. The molecule has 2 aromatic rings. The van der Waals surface area contributed by atoms with Crippen LogP contribution in [0.15, 0.2) is 24.3 Å². The van der Waals surface area contributed by atoms with Crippen LogP contribution >= 0.6 is 23.4 Å². The lowest BCUT2D eigenvalue weighted by Crippen LogP contribution is -2.51. The van der Waals surface area contributed by atoms with Gasteiger partial charge in [-0.2, -0.15) is 13.2 Å². The molecule has 2 atom stereocenters. The van der Waals surface area contributed by atoms with Crippen LogP contribution in [0.2, 0.25) is 5.02 Å². The summed E-state index contributed by atoms with van der Waals surface area (Å²) in [5.74, 6) is 1.94. The number of nitrogens with zero attached hydrogens (tertiary/aromatic N) is 4. The fraction of sp³-hybridized carbons (Fsp3) is 0.545. The number of anilines is 1. The van der Waals surface area contributed by atoms with Crippen molar-refractivity contribution in [3.63, 3.8) is 0 Å². The zero-order valence-corrected chi connectivity index (χ0v) is 19.5. The van der Waals surface area contributed by atoms with Gasteiger partial charge in [0.15, 0.2) is 0 Å². The number of nitrogens with one attached hydrogen (secondary N) is 1. The first-order chi connectivity index (χ1) is 15.8. The second kappa shape index (κ2) is 9.13. The lowest BCUT2D eigenvalue weighted by atomic mass is 10.1. The van der Waals surface area contributed by atoms with Crippen molar-refractivity contribution in [3.05, 3.63) is 35.0 Å². The molecule has 1 aromatic heterocycles. The SMILES string of the molecule is O=C([C@@H]1C[C@H](N2CCN(c3cc(C(F)(F)F)nc4ccc(Cl)cc34)CC2)CN1)N1CCSC1. The lowest BCUT2D eigenvalue weighted by Gasteiger charge is -2.39. The molecule has 1 amide bonds. The van der Waals surface area contributed by atoms with Crippen LogP contribution in [0, 0.1) is 0 Å². The Morgan fingerprint density at radius 1 is 1.15 bits per heavy atom. The zero-order chi connectivity index (χ0) is 23.2. The first-order valence-corrected chi connectivity index (χ1v) is 12.6. The van der Waals surface area contributed by atoms with Gasteiger partial charge in [-0.3, -0.25) is 9.69 Å². The first-order valence-electron chi connectivity index (χ1n) is 11.1. The molecule has 0 saturated carbocycles. The van der Waals surface area contributed by atoms with Gasteiger partial charge >= 0.3 is 6.18 Å². The van der Waals surface area contributed by atoms with Crippen molar-refractivity contribution < 1.29 is 18.0 Å². The van der Waals surface area contributed by atoms with Crippen molar-refractivity contribution in [1.82, 2.24) is 20.1 Å². The fourth-order valence-electron chi connectivity index (χ4n) is 4.91. The molecule has 1 N–H and O–H groups in total. The number of fused-ring (bicyclic) bond motifs is 1. The normalized spacial score (nSPS) is 24.7. The van der Waals surface area contributed by atoms with Gasteiger partial charge in [-0.25, -0.2) is 4.98 Å². The van der Waals surface area contributed by atoms with Crippen LogP contribution in [-0.4, -0.2) is 83.7 Å². The average Bonchev–Trinajstić information content (AvgIpc) is 3.50. The third-order valence-corrected chi connectivity index (χ3v) is 7.88. The summed E-state index contributed by atoms with van der Waals surface area (Å²) in [6.07, 6.45) is -3.75. The number of pyridine rings is 1. The third-order valence-electron chi connectivity index (χ3n) is 6.68. The number of amides is 1. The van der Waals surface area contributed by atoms with Gasteiger partial charge in [0.2, 0.25) is 5.91 Å². The molecule has 11 heteroatoms. The van der Waals surface area contributed by atoms with Crippen LogP contribution in [0.3, 0.4) is 0 Å². The third kappa shape index (κ3) is 4.76. The molecular weight excluding hydrogens is 475 g/mol. The summed E-state index contributed by atoms with van der Waals surface area (Å²) in [4.78, 5) is 22.8. The molecule has 5 rings (SSSR count). The first kappa shape index (κ1) is 23.0. The zero-order valence-electron chi connectivity index (χ0n) is 17.9. The molecule has 4 heterocycles. The van der Waals surface area contributed by atoms with Gasteiger partial charge < -0.3 is 15.1 Å². The van der Waals surface area contributed by atoms with Crippen molar-refractivity contribution in [2.75, 3.05) is 55.8 Å². The van der Waals surface area contributed by atoms with E-state index in [2.05, 4.69) is 15.2 Å². The molecule has 3 fully saturated rings. The van der Waals surface area contributed by atoms with E-state index in [0.717, 1.165) is 50.3 Å². The van der Waals surface area contributed by atoms with E-state index in [1.807, 2.05) is 9.80 Å². The van der Waals surface area contributed by atoms with Gasteiger partial charge in [-0.05, 0) is 30.7 Å². The number of rotatable bonds is 3. The molecule has 1 aromatic carbocycles. The molecule has 3 aliphatic heterocycles. The van der Waals surface area contributed by atoms with Crippen molar-refractivity contribution in [2.45, 2.75) is 24.7 Å². The number of alkyl halides is 3. The predicted octanol–water partition coefficient (Wildman–Crippen LogP) is 3.29. The van der Waals surface area contributed by atoms with E-state index in [4.69, 9.17) is 11.6 Å². The van der Waals surface area contributed by atoms with Crippen molar-refractivity contribution in [2.24, 2.45) is 0 Å². The predicted molar refractivity (Wildman–Crippen MR) is 125 cm³/mol. The van der Waals surface area contributed by atoms with Crippen LogP contribution in [0.1, 0.15) is 12.1 Å². The van der Waals surface area contributed by atoms with Crippen LogP contribution in [0.25, 0.3) is 10.9 Å². The Balaban J connectivity index is 1.28. The minimum Gasteiger partial charge on any atom is -0.368 e. The van der Waals surface area contributed by atoms with E-state index in [1.54, 1.807) is 23.9 Å². The molecule has 0 spiro atoms. The highest BCUT2D eigenvalue weighted by atomic mass is 35.5. The number of halogens is 4. The molecule has 178 valence electrons. The van der Waals surface area contributed by atoms with Gasteiger partial charge in [-0.1, -0.05) is 11.6 Å². The maximum Gasteiger partial charge on any atom is 0.433 e. The molecule has 6 nitrogen and oxygen atoms in total. The summed E-state index contributed by atoms with van der Waals surface area (Å²) in [5, 5.41) is 4.47. The number of hydrogen-bond acceptors (Lipinski definition) is 6. The number of piperazine rings is 1. The summed E-state index contributed by atoms with van der Waals surface area (Å²) in [6, 6.07) is 6.02. The Kier molecular flexibility index (Phi) is 6.37. The van der Waals surface area contributed by atoms with E-state index in [1.165, 1.54) is 6.07 Å². The van der Waals surface area contributed by atoms with Crippen LogP contribution < -0.4 is 10.2 Å². The Labute approximate surface area is 199 Å². The van der Waals surface area contributed by atoms with Crippen molar-refractivity contribution in [3.8, 4) is 0 Å². The molecule has 3 aliphatic rings. The van der Waals surface area contributed by atoms with Crippen LogP contribution in [0.5, 0.6) is 0 Å². The largest absolute Gasteiger partial charge is 0.433 e. The van der Waals surface area contributed by atoms with Crippen molar-refractivity contribution in [1.29, 1.82) is 0 Å². The number of thioether (sulfide) groups is 1. The van der Waals surface area contributed by atoms with E-state index in [-0.39, 0.29) is 23.5 Å². The maximum absolute atomic E-state index is 13.5. The van der Waals surface area contributed by atoms with E-state index in [9.17, 15) is 18.0 Å². The van der Waals surface area contributed by atoms with E-state index < -0.39 is 11.9 Å². The number of benzene rings is 1. The molecule has 0 bridgehead atoms. The monoisotopic (exact) mass is 499 g/mol. The Bertz CT molecular complexity index is 1040. The van der Waals surface area contributed by atoms with Gasteiger partial charge in [0, 0.05) is 67.2 Å². The highest BCUT2D eigenvalue weighted by Crippen LogP contribution is 2.36. The number of hydrogen-bond donors (Lipinski definition) is 1. The summed E-state index contributed by atoms with van der Waals surface area (Å²) in [6.45, 7) is 4.21. The van der Waals surface area contributed by atoms with Crippen molar-refractivity contribution >= 4 is 45.9 Å². The van der Waals surface area contributed by atoms with Gasteiger partial charge in [0.05, 0.1) is 17.4 Å². The molecule has 3 saturated heterocycles. The molecular formula is C22H25ClF3N5OS. The number of carbonyl (C=O) groups is 1. The van der Waals surface area contributed by atoms with Gasteiger partial charge in [0.25, 0.3) is 0 Å². The fourth-order valence-corrected chi connectivity index (χ4v) is 6.03. The quantitative estimate of drug-likeness (QED) is 0.699. The Morgan fingerprint density at radius 2 is 1.94 bits per heavy atom. The maximum atomic E-state index is 13.5. The average molecular weight is 500 g/mol. The Morgan fingerprint density at radius 3 is 2.64 bits per heavy atom. The molecule has 0 aliphatic carbocycles. The highest BCUT2D eigenvalue weighted by molar-refractivity contribution is 7.99. The molecule has 33 heavy (non-hydrogen) atoms. The summed E-state index contributed by atoms with van der Waals surface area (Å²) < 4.78 is 40.4. The minimum atomic E-state index is -4.52. The summed E-state index contributed by atoms with van der Waals surface area (Å²) >= 11 is 7.92. The molecule has 0 unspecified atom stereocenters. The minimum absolute atomic E-state index is 0.146. The lowest BCUT2D eigenvalue weighted by molar-refractivity contribution is -0.141. The Hall–Kier alpha value is -1.75. The standard InChI is InChI=1S/C22H25ClF3N5OS/c23-14-1-2-17-16(9-14)19(11-20(28-17)22(24,25)26)30-5-3-29(4-6-30)15-10-18(27-12-15)21(32)31-7-8-33-13-31/h1-2,9,11,15,18,27H,3-8,10,12-13H2/t15-,18-/m0/s1. The van der Waals surface area contributed by atoms with Gasteiger partial charge in [0.1, 0.15) is 5.69 Å². The van der Waals surface area contributed by atoms with Crippen LogP contribution in [-0.2, 0) is 11.0 Å². The molecule has 0 radical (unpaired) electrons. The second-order valence-electron chi connectivity index (χ2n) is 8.70. The second-order valence-corrected chi connectivity index (χ2v) is 10.2. The summed E-state index contributed by atoms with van der Waals surface area (Å²) in [5.41, 5.74) is -0.0946. The summed E-state index contributed by atoms with van der Waals surface area (Å²) in [7, 11) is 0. The number of carbonyl (C=O) groups excluding carboxylic acids is 1. The smallest absolute Gasteiger partial charge is 0.368 e. The van der Waals surface area contributed by atoms with E-state index in [0.29, 0.717) is 29.2 Å². The van der Waals surface area contributed by atoms with Gasteiger partial charge in [-0.15, -0.1) is 11.8 Å². The van der Waals surface area contributed by atoms with Crippen LogP contribution in [0.4, 0.5) is 18.9 Å².